The van der Waals surface area contributed by atoms with Crippen LogP contribution in [0, 0.1) is 5.92 Å². The largest absolute Gasteiger partial charge is 0.381 e. The standard InChI is InChI=1S/C22H38N6O2/c1-3-27-9-11-28(12-10-27)21-15-19(5-8-24-21)16-26-22(23-2)25-7-4-13-29-17-20-6-14-30-18-20/h5,8,15,20H,3-4,6-7,9-14,16-18H2,1-2H3,(H2,23,25,26). The fourth-order valence-corrected chi connectivity index (χ4v) is 3.79. The van der Waals surface area contributed by atoms with Gasteiger partial charge in [-0.15, -0.1) is 0 Å². The van der Waals surface area contributed by atoms with Crippen molar-refractivity contribution in [2.75, 3.05) is 77.6 Å². The highest BCUT2D eigenvalue weighted by Crippen LogP contribution is 2.15. The molecule has 2 fully saturated rings. The summed E-state index contributed by atoms with van der Waals surface area (Å²) in [6.07, 6.45) is 3.99. The molecule has 0 spiro atoms. The Hall–Kier alpha value is -1.90. The molecule has 0 amide bonds. The molecule has 0 saturated carbocycles. The highest BCUT2D eigenvalue weighted by atomic mass is 16.5. The summed E-state index contributed by atoms with van der Waals surface area (Å²) >= 11 is 0. The first-order chi connectivity index (χ1) is 14.8. The number of guanidine groups is 1. The number of aliphatic imine (C=N–C) groups is 1. The first-order valence-corrected chi connectivity index (χ1v) is 11.3. The minimum absolute atomic E-state index is 0.577. The Bertz CT molecular complexity index is 642. The lowest BCUT2D eigenvalue weighted by Gasteiger charge is -2.34. The molecule has 1 unspecified atom stereocenters. The summed E-state index contributed by atoms with van der Waals surface area (Å²) in [4.78, 5) is 13.8. The third-order valence-corrected chi connectivity index (χ3v) is 5.77. The maximum atomic E-state index is 5.75. The number of pyridine rings is 1. The maximum Gasteiger partial charge on any atom is 0.191 e. The van der Waals surface area contributed by atoms with E-state index >= 15 is 0 Å². The van der Waals surface area contributed by atoms with Crippen LogP contribution in [0.15, 0.2) is 23.3 Å². The van der Waals surface area contributed by atoms with Crippen molar-refractivity contribution in [3.63, 3.8) is 0 Å². The number of rotatable bonds is 10. The highest BCUT2D eigenvalue weighted by Gasteiger charge is 2.17. The van der Waals surface area contributed by atoms with Crippen LogP contribution in [-0.4, -0.2) is 88.6 Å². The van der Waals surface area contributed by atoms with Gasteiger partial charge >= 0.3 is 0 Å². The van der Waals surface area contributed by atoms with Crippen molar-refractivity contribution in [2.24, 2.45) is 10.9 Å². The van der Waals surface area contributed by atoms with E-state index in [0.29, 0.717) is 5.92 Å². The number of nitrogens with one attached hydrogen (secondary N) is 2. The number of nitrogens with zero attached hydrogens (tertiary/aromatic N) is 4. The van der Waals surface area contributed by atoms with Gasteiger partial charge in [0.1, 0.15) is 5.82 Å². The van der Waals surface area contributed by atoms with Gasteiger partial charge in [-0.1, -0.05) is 6.92 Å². The van der Waals surface area contributed by atoms with Crippen LogP contribution in [0.25, 0.3) is 0 Å². The summed E-state index contributed by atoms with van der Waals surface area (Å²) < 4.78 is 11.1. The molecule has 30 heavy (non-hydrogen) atoms. The SMILES string of the molecule is CCN1CCN(c2cc(CNC(=NC)NCCCOCC3CCOC3)ccn2)CC1. The summed E-state index contributed by atoms with van der Waals surface area (Å²) in [5.41, 5.74) is 1.21. The number of aromatic nitrogens is 1. The van der Waals surface area contributed by atoms with Crippen LogP contribution < -0.4 is 15.5 Å². The fourth-order valence-electron chi connectivity index (χ4n) is 3.79. The minimum atomic E-state index is 0.577. The Morgan fingerprint density at radius 1 is 1.30 bits per heavy atom. The second-order valence-electron chi connectivity index (χ2n) is 7.95. The van der Waals surface area contributed by atoms with E-state index in [4.69, 9.17) is 9.47 Å². The zero-order chi connectivity index (χ0) is 21.0. The molecule has 2 saturated heterocycles. The van der Waals surface area contributed by atoms with E-state index in [1.807, 2.05) is 6.20 Å². The van der Waals surface area contributed by atoms with Gasteiger partial charge in [0.25, 0.3) is 0 Å². The maximum absolute atomic E-state index is 5.75. The van der Waals surface area contributed by atoms with Crippen LogP contribution >= 0.6 is 0 Å². The second-order valence-corrected chi connectivity index (χ2v) is 7.95. The van der Waals surface area contributed by atoms with Gasteiger partial charge in [0, 0.05) is 71.6 Å². The number of likely N-dealkylation sites (N-methyl/N-ethyl adjacent to an activating group) is 1. The number of anilines is 1. The molecule has 2 aliphatic rings. The van der Waals surface area contributed by atoms with Crippen LogP contribution in [0.1, 0.15) is 25.3 Å². The Morgan fingerprint density at radius 2 is 2.17 bits per heavy atom. The average molecular weight is 419 g/mol. The highest BCUT2D eigenvalue weighted by molar-refractivity contribution is 5.79. The summed E-state index contributed by atoms with van der Waals surface area (Å²) in [6.45, 7) is 12.5. The number of piperazine rings is 1. The summed E-state index contributed by atoms with van der Waals surface area (Å²) in [5, 5.41) is 6.75. The fraction of sp³-hybridized carbons (Fsp3) is 0.727. The van der Waals surface area contributed by atoms with Crippen LogP contribution in [-0.2, 0) is 16.0 Å². The average Bonchev–Trinajstić information content (AvgIpc) is 3.32. The molecular formula is C22H38N6O2. The summed E-state index contributed by atoms with van der Waals surface area (Å²) in [6, 6.07) is 4.25. The normalized spacial score (nSPS) is 20.5. The number of ether oxygens (including phenoxy) is 2. The molecule has 3 rings (SSSR count). The Balaban J connectivity index is 1.33. The molecule has 0 bridgehead atoms. The summed E-state index contributed by atoms with van der Waals surface area (Å²) in [7, 11) is 1.80. The number of hydrogen-bond donors (Lipinski definition) is 2. The van der Waals surface area contributed by atoms with Gasteiger partial charge < -0.3 is 29.9 Å². The minimum Gasteiger partial charge on any atom is -0.381 e. The van der Waals surface area contributed by atoms with E-state index in [2.05, 4.69) is 49.5 Å². The van der Waals surface area contributed by atoms with Crippen molar-refractivity contribution in [1.29, 1.82) is 0 Å². The molecule has 8 heteroatoms. The zero-order valence-electron chi connectivity index (χ0n) is 18.6. The lowest BCUT2D eigenvalue weighted by Crippen LogP contribution is -2.46. The molecule has 1 aromatic rings. The van der Waals surface area contributed by atoms with Crippen LogP contribution in [0.2, 0.25) is 0 Å². The molecule has 1 aromatic heterocycles. The van der Waals surface area contributed by atoms with Gasteiger partial charge in [0.15, 0.2) is 5.96 Å². The van der Waals surface area contributed by atoms with Crippen molar-refractivity contribution in [3.8, 4) is 0 Å². The second kappa shape index (κ2) is 12.7. The van der Waals surface area contributed by atoms with Crippen LogP contribution in [0.5, 0.6) is 0 Å². The topological polar surface area (TPSA) is 74.2 Å². The van der Waals surface area contributed by atoms with Crippen LogP contribution in [0.4, 0.5) is 5.82 Å². The monoisotopic (exact) mass is 418 g/mol. The predicted molar refractivity (Wildman–Crippen MR) is 121 cm³/mol. The van der Waals surface area contributed by atoms with Crippen molar-refractivity contribution >= 4 is 11.8 Å². The molecule has 0 aromatic carbocycles. The lowest BCUT2D eigenvalue weighted by atomic mass is 10.1. The molecule has 168 valence electrons. The molecule has 0 radical (unpaired) electrons. The van der Waals surface area contributed by atoms with Crippen LogP contribution in [0.3, 0.4) is 0 Å². The van der Waals surface area contributed by atoms with Gasteiger partial charge in [-0.2, -0.15) is 0 Å². The lowest BCUT2D eigenvalue weighted by molar-refractivity contribution is 0.0888. The Kier molecular flexibility index (Phi) is 9.66. The predicted octanol–water partition coefficient (Wildman–Crippen LogP) is 1.33. The van der Waals surface area contributed by atoms with Gasteiger partial charge in [0.2, 0.25) is 0 Å². The molecule has 2 N–H and O–H groups in total. The van der Waals surface area contributed by atoms with E-state index in [-0.39, 0.29) is 0 Å². The Labute approximate surface area is 181 Å². The van der Waals surface area contributed by atoms with E-state index < -0.39 is 0 Å². The molecule has 3 heterocycles. The molecule has 0 aliphatic carbocycles. The molecular weight excluding hydrogens is 380 g/mol. The van der Waals surface area contributed by atoms with E-state index in [0.717, 1.165) is 96.9 Å². The van der Waals surface area contributed by atoms with Gasteiger partial charge in [0.05, 0.1) is 13.2 Å². The van der Waals surface area contributed by atoms with E-state index in [1.165, 1.54) is 5.56 Å². The first-order valence-electron chi connectivity index (χ1n) is 11.3. The Morgan fingerprint density at radius 3 is 2.90 bits per heavy atom. The van der Waals surface area contributed by atoms with Crippen molar-refractivity contribution in [3.05, 3.63) is 23.9 Å². The molecule has 8 nitrogen and oxygen atoms in total. The smallest absolute Gasteiger partial charge is 0.191 e. The third-order valence-electron chi connectivity index (χ3n) is 5.77. The van der Waals surface area contributed by atoms with Gasteiger partial charge in [-0.3, -0.25) is 4.99 Å². The van der Waals surface area contributed by atoms with Crippen molar-refractivity contribution < 1.29 is 9.47 Å². The first kappa shape index (κ1) is 22.8. The van der Waals surface area contributed by atoms with Gasteiger partial charge in [-0.25, -0.2) is 4.98 Å². The molecule has 1 atom stereocenters. The number of hydrogen-bond acceptors (Lipinski definition) is 6. The quantitative estimate of drug-likeness (QED) is 0.337. The zero-order valence-corrected chi connectivity index (χ0v) is 18.6. The van der Waals surface area contributed by atoms with E-state index in [1.54, 1.807) is 7.05 Å². The summed E-state index contributed by atoms with van der Waals surface area (Å²) in [5.74, 6) is 2.46. The molecule has 2 aliphatic heterocycles. The van der Waals surface area contributed by atoms with Gasteiger partial charge in [-0.05, 0) is 37.1 Å². The third kappa shape index (κ3) is 7.41. The van der Waals surface area contributed by atoms with Crippen molar-refractivity contribution in [2.45, 2.75) is 26.3 Å². The van der Waals surface area contributed by atoms with E-state index in [9.17, 15) is 0 Å². The van der Waals surface area contributed by atoms with Crippen molar-refractivity contribution in [1.82, 2.24) is 20.5 Å².